The van der Waals surface area contributed by atoms with Crippen molar-refractivity contribution in [3.05, 3.63) is 41.6 Å². The molecule has 1 atom stereocenters. The largest absolute Gasteiger partial charge is 0.319 e. The van der Waals surface area contributed by atoms with E-state index < -0.39 is 0 Å². The Bertz CT molecular complexity index is 596. The molecule has 5 nitrogen and oxygen atoms in total. The van der Waals surface area contributed by atoms with Crippen LogP contribution in [0.15, 0.2) is 36.5 Å². The number of nitrogens with one attached hydrogen (secondary N) is 2. The Balaban J connectivity index is 2.19. The number of hydrogen-bond acceptors (Lipinski definition) is 3. The van der Waals surface area contributed by atoms with Crippen molar-refractivity contribution in [1.29, 1.82) is 0 Å². The molecule has 0 fully saturated rings. The standard InChI is InChI=1S/C14H17ClN4O/c1-10(9-16-2)14(20)18-13-6-7-17-19(13)12-5-3-4-11(15)8-12/h3-8,10,16H,9H2,1-2H3,(H,18,20). The van der Waals surface area contributed by atoms with Crippen LogP contribution in [0.2, 0.25) is 5.02 Å². The molecule has 1 aromatic carbocycles. The zero-order chi connectivity index (χ0) is 14.5. The monoisotopic (exact) mass is 292 g/mol. The third-order valence-corrected chi connectivity index (χ3v) is 3.14. The number of carbonyl (C=O) groups is 1. The first-order chi connectivity index (χ1) is 9.61. The van der Waals surface area contributed by atoms with Crippen molar-refractivity contribution in [1.82, 2.24) is 15.1 Å². The minimum Gasteiger partial charge on any atom is -0.319 e. The van der Waals surface area contributed by atoms with Crippen molar-refractivity contribution in [2.45, 2.75) is 6.92 Å². The number of aromatic nitrogens is 2. The van der Waals surface area contributed by atoms with Gasteiger partial charge in [-0.2, -0.15) is 5.10 Å². The van der Waals surface area contributed by atoms with E-state index >= 15 is 0 Å². The average molecular weight is 293 g/mol. The number of benzene rings is 1. The average Bonchev–Trinajstić information content (AvgIpc) is 2.87. The molecule has 2 aromatic rings. The van der Waals surface area contributed by atoms with Gasteiger partial charge >= 0.3 is 0 Å². The van der Waals surface area contributed by atoms with Crippen molar-refractivity contribution in [2.75, 3.05) is 18.9 Å². The molecule has 0 aliphatic carbocycles. The van der Waals surface area contributed by atoms with E-state index in [9.17, 15) is 4.79 Å². The van der Waals surface area contributed by atoms with Crippen molar-refractivity contribution in [2.24, 2.45) is 5.92 Å². The molecule has 1 unspecified atom stereocenters. The van der Waals surface area contributed by atoms with Gasteiger partial charge in [0, 0.05) is 23.6 Å². The Hall–Kier alpha value is -1.85. The lowest BCUT2D eigenvalue weighted by Gasteiger charge is -2.13. The van der Waals surface area contributed by atoms with Crippen LogP contribution in [0.3, 0.4) is 0 Å². The fourth-order valence-corrected chi connectivity index (χ4v) is 2.04. The van der Waals surface area contributed by atoms with E-state index in [-0.39, 0.29) is 11.8 Å². The highest BCUT2D eigenvalue weighted by Gasteiger charge is 2.14. The molecule has 20 heavy (non-hydrogen) atoms. The van der Waals surface area contributed by atoms with Gasteiger partial charge in [-0.3, -0.25) is 4.79 Å². The minimum absolute atomic E-state index is 0.0527. The van der Waals surface area contributed by atoms with E-state index in [1.165, 1.54) is 0 Å². The van der Waals surface area contributed by atoms with Crippen LogP contribution in [-0.4, -0.2) is 29.3 Å². The summed E-state index contributed by atoms with van der Waals surface area (Å²) in [5, 5.41) is 10.7. The van der Waals surface area contributed by atoms with Crippen molar-refractivity contribution in [3.63, 3.8) is 0 Å². The molecule has 6 heteroatoms. The molecule has 2 N–H and O–H groups in total. The molecule has 0 saturated heterocycles. The van der Waals surface area contributed by atoms with Gasteiger partial charge in [0.2, 0.25) is 5.91 Å². The maximum absolute atomic E-state index is 12.0. The Kier molecular flexibility index (Phi) is 4.76. The lowest BCUT2D eigenvalue weighted by molar-refractivity contribution is -0.119. The molecule has 0 aliphatic rings. The van der Waals surface area contributed by atoms with Crippen molar-refractivity contribution >= 4 is 23.3 Å². The topological polar surface area (TPSA) is 59.0 Å². The maximum Gasteiger partial charge on any atom is 0.229 e. The Morgan fingerprint density at radius 1 is 1.45 bits per heavy atom. The summed E-state index contributed by atoms with van der Waals surface area (Å²) in [6.07, 6.45) is 1.64. The van der Waals surface area contributed by atoms with Gasteiger partial charge in [0.25, 0.3) is 0 Å². The van der Waals surface area contributed by atoms with Gasteiger partial charge in [-0.15, -0.1) is 0 Å². The fraction of sp³-hybridized carbons (Fsp3) is 0.286. The molecule has 1 heterocycles. The first-order valence-electron chi connectivity index (χ1n) is 6.37. The molecule has 1 amide bonds. The number of hydrogen-bond donors (Lipinski definition) is 2. The summed E-state index contributed by atoms with van der Waals surface area (Å²) in [7, 11) is 1.82. The van der Waals surface area contributed by atoms with Crippen molar-refractivity contribution < 1.29 is 4.79 Å². The summed E-state index contributed by atoms with van der Waals surface area (Å²) in [5.74, 6) is 0.450. The summed E-state index contributed by atoms with van der Waals surface area (Å²) < 4.78 is 1.65. The molecule has 0 bridgehead atoms. The molecule has 1 aromatic heterocycles. The second kappa shape index (κ2) is 6.54. The quantitative estimate of drug-likeness (QED) is 0.889. The van der Waals surface area contributed by atoms with Crippen LogP contribution in [0.1, 0.15) is 6.92 Å². The molecule has 0 radical (unpaired) electrons. The van der Waals surface area contributed by atoms with E-state index in [4.69, 9.17) is 11.6 Å². The summed E-state index contributed by atoms with van der Waals surface area (Å²) in [4.78, 5) is 12.0. The zero-order valence-electron chi connectivity index (χ0n) is 11.4. The number of carbonyl (C=O) groups excluding carboxylic acids is 1. The number of rotatable bonds is 5. The second-order valence-electron chi connectivity index (χ2n) is 4.56. The van der Waals surface area contributed by atoms with Crippen LogP contribution in [0.5, 0.6) is 0 Å². The predicted molar refractivity (Wildman–Crippen MR) is 80.3 cm³/mol. The lowest BCUT2D eigenvalue weighted by Crippen LogP contribution is -2.29. The highest BCUT2D eigenvalue weighted by molar-refractivity contribution is 6.30. The molecule has 0 spiro atoms. The van der Waals surface area contributed by atoms with Crippen LogP contribution in [0.25, 0.3) is 5.69 Å². The fourth-order valence-electron chi connectivity index (χ4n) is 1.86. The smallest absolute Gasteiger partial charge is 0.229 e. The van der Waals surface area contributed by atoms with Crippen LogP contribution in [-0.2, 0) is 4.79 Å². The highest BCUT2D eigenvalue weighted by Crippen LogP contribution is 2.18. The van der Waals surface area contributed by atoms with Crippen molar-refractivity contribution in [3.8, 4) is 5.69 Å². The summed E-state index contributed by atoms with van der Waals surface area (Å²) in [5.41, 5.74) is 0.805. The SMILES string of the molecule is CNCC(C)C(=O)Nc1ccnn1-c1cccc(Cl)c1. The van der Waals surface area contributed by atoms with Gasteiger partial charge < -0.3 is 10.6 Å². The third-order valence-electron chi connectivity index (χ3n) is 2.90. The van der Waals surface area contributed by atoms with E-state index in [1.54, 1.807) is 29.1 Å². The molecule has 0 aliphatic heterocycles. The van der Waals surface area contributed by atoms with Gasteiger partial charge in [-0.05, 0) is 25.2 Å². The Morgan fingerprint density at radius 3 is 2.95 bits per heavy atom. The van der Waals surface area contributed by atoms with Crippen LogP contribution >= 0.6 is 11.6 Å². The third kappa shape index (κ3) is 3.37. The summed E-state index contributed by atoms with van der Waals surface area (Å²) >= 11 is 5.97. The van der Waals surface area contributed by atoms with Crippen LogP contribution < -0.4 is 10.6 Å². The molecular formula is C14H17ClN4O. The molecule has 0 saturated carbocycles. The van der Waals surface area contributed by atoms with Gasteiger partial charge in [0.15, 0.2) is 0 Å². The van der Waals surface area contributed by atoms with E-state index in [0.717, 1.165) is 5.69 Å². The normalized spacial score (nSPS) is 12.2. The first-order valence-corrected chi connectivity index (χ1v) is 6.75. The number of halogens is 1. The van der Waals surface area contributed by atoms with Crippen LogP contribution in [0, 0.1) is 5.92 Å². The summed E-state index contributed by atoms with van der Waals surface area (Å²) in [6, 6.07) is 9.06. The highest BCUT2D eigenvalue weighted by atomic mass is 35.5. The Labute approximate surface area is 122 Å². The van der Waals surface area contributed by atoms with E-state index in [0.29, 0.717) is 17.4 Å². The van der Waals surface area contributed by atoms with Gasteiger partial charge in [0.05, 0.1) is 11.9 Å². The van der Waals surface area contributed by atoms with E-state index in [2.05, 4.69) is 15.7 Å². The first kappa shape index (κ1) is 14.6. The van der Waals surface area contributed by atoms with Gasteiger partial charge in [-0.25, -0.2) is 4.68 Å². The second-order valence-corrected chi connectivity index (χ2v) is 4.99. The summed E-state index contributed by atoms with van der Waals surface area (Å²) in [6.45, 7) is 2.49. The predicted octanol–water partition coefficient (Wildman–Crippen LogP) is 2.32. The van der Waals surface area contributed by atoms with Crippen LogP contribution in [0.4, 0.5) is 5.82 Å². The van der Waals surface area contributed by atoms with E-state index in [1.807, 2.05) is 26.1 Å². The molecule has 106 valence electrons. The number of nitrogens with zero attached hydrogens (tertiary/aromatic N) is 2. The van der Waals surface area contributed by atoms with Gasteiger partial charge in [0.1, 0.15) is 5.82 Å². The molecule has 2 rings (SSSR count). The Morgan fingerprint density at radius 2 is 2.25 bits per heavy atom. The zero-order valence-corrected chi connectivity index (χ0v) is 12.2. The lowest BCUT2D eigenvalue weighted by atomic mass is 10.1. The number of amides is 1. The molecular weight excluding hydrogens is 276 g/mol. The van der Waals surface area contributed by atoms with Gasteiger partial charge in [-0.1, -0.05) is 24.6 Å². The maximum atomic E-state index is 12.0. The number of anilines is 1. The minimum atomic E-state index is -0.122.